The van der Waals surface area contributed by atoms with E-state index in [9.17, 15) is 9.59 Å². The molecule has 0 saturated heterocycles. The van der Waals surface area contributed by atoms with Crippen molar-refractivity contribution in [3.63, 3.8) is 0 Å². The van der Waals surface area contributed by atoms with Crippen LogP contribution in [0.3, 0.4) is 0 Å². The van der Waals surface area contributed by atoms with Crippen LogP contribution in [0.4, 0.5) is 5.82 Å². The average molecular weight is 341 g/mol. The number of nitrogens with one attached hydrogen (secondary N) is 3. The number of anilines is 1. The smallest absolute Gasteiger partial charge is 0.270 e. The highest BCUT2D eigenvalue weighted by atomic mass is 16.2. The maximum Gasteiger partial charge on any atom is 0.270 e. The lowest BCUT2D eigenvalue weighted by Gasteiger charge is -2.34. The number of hydrogen-bond acceptors (Lipinski definition) is 4. The van der Waals surface area contributed by atoms with Crippen LogP contribution in [0.2, 0.25) is 0 Å². The Labute approximate surface area is 146 Å². The van der Waals surface area contributed by atoms with Crippen molar-refractivity contribution in [1.82, 2.24) is 20.5 Å². The Morgan fingerprint density at radius 2 is 2.04 bits per heavy atom. The molecule has 1 aliphatic rings. The molecule has 1 aliphatic carbocycles. The van der Waals surface area contributed by atoms with Gasteiger partial charge in [-0.1, -0.05) is 19.9 Å². The molecule has 0 aliphatic heterocycles. The van der Waals surface area contributed by atoms with Crippen molar-refractivity contribution in [3.05, 3.63) is 41.3 Å². The van der Waals surface area contributed by atoms with Gasteiger partial charge in [0, 0.05) is 35.3 Å². The van der Waals surface area contributed by atoms with Gasteiger partial charge in [0.1, 0.15) is 5.69 Å². The lowest BCUT2D eigenvalue weighted by Crippen LogP contribution is -2.43. The second-order valence-electron chi connectivity index (χ2n) is 6.86. The number of amides is 2. The van der Waals surface area contributed by atoms with Crippen molar-refractivity contribution in [1.29, 1.82) is 0 Å². The SMILES string of the molecule is Cc1cccc(C(=O)NC2CC(c3cc(NC(=O)C(C)C)n[nH]3)C2)n1. The molecule has 0 unspecified atom stereocenters. The molecule has 0 aromatic carbocycles. The van der Waals surface area contributed by atoms with Crippen molar-refractivity contribution in [2.75, 3.05) is 5.32 Å². The molecule has 7 nitrogen and oxygen atoms in total. The molecule has 0 radical (unpaired) electrons. The van der Waals surface area contributed by atoms with E-state index >= 15 is 0 Å². The normalized spacial score (nSPS) is 19.4. The summed E-state index contributed by atoms with van der Waals surface area (Å²) in [6.07, 6.45) is 1.69. The molecule has 1 saturated carbocycles. The van der Waals surface area contributed by atoms with Crippen LogP contribution in [0.15, 0.2) is 24.3 Å². The number of carbonyl (C=O) groups excluding carboxylic acids is 2. The molecule has 0 atom stereocenters. The minimum atomic E-state index is -0.137. The number of H-pyrrole nitrogens is 1. The second-order valence-corrected chi connectivity index (χ2v) is 6.86. The average Bonchev–Trinajstić information content (AvgIpc) is 2.98. The monoisotopic (exact) mass is 341 g/mol. The third-order valence-corrected chi connectivity index (χ3v) is 4.41. The minimum absolute atomic E-state index is 0.0533. The van der Waals surface area contributed by atoms with Crippen molar-refractivity contribution in [3.8, 4) is 0 Å². The number of pyridine rings is 1. The minimum Gasteiger partial charge on any atom is -0.348 e. The van der Waals surface area contributed by atoms with Crippen LogP contribution >= 0.6 is 0 Å². The van der Waals surface area contributed by atoms with Gasteiger partial charge in [0.25, 0.3) is 5.91 Å². The van der Waals surface area contributed by atoms with Gasteiger partial charge in [-0.25, -0.2) is 4.98 Å². The van der Waals surface area contributed by atoms with Gasteiger partial charge in [0.15, 0.2) is 5.82 Å². The third kappa shape index (κ3) is 4.04. The number of carbonyl (C=O) groups is 2. The summed E-state index contributed by atoms with van der Waals surface area (Å²) < 4.78 is 0. The summed E-state index contributed by atoms with van der Waals surface area (Å²) >= 11 is 0. The Hall–Kier alpha value is -2.70. The van der Waals surface area contributed by atoms with Crippen molar-refractivity contribution < 1.29 is 9.59 Å². The fraction of sp³-hybridized carbons (Fsp3) is 0.444. The zero-order valence-electron chi connectivity index (χ0n) is 14.7. The van der Waals surface area contributed by atoms with E-state index in [-0.39, 0.29) is 23.8 Å². The van der Waals surface area contributed by atoms with Crippen LogP contribution in [0, 0.1) is 12.8 Å². The largest absolute Gasteiger partial charge is 0.348 e. The van der Waals surface area contributed by atoms with Crippen LogP contribution in [0.5, 0.6) is 0 Å². The molecule has 2 amide bonds. The van der Waals surface area contributed by atoms with E-state index in [1.807, 2.05) is 39.0 Å². The van der Waals surface area contributed by atoms with E-state index in [1.165, 1.54) is 0 Å². The Bertz CT molecular complexity index is 777. The third-order valence-electron chi connectivity index (χ3n) is 4.41. The topological polar surface area (TPSA) is 99.8 Å². The molecule has 3 N–H and O–H groups in total. The maximum absolute atomic E-state index is 12.2. The summed E-state index contributed by atoms with van der Waals surface area (Å²) in [6, 6.07) is 7.42. The highest BCUT2D eigenvalue weighted by molar-refractivity contribution is 5.92. The van der Waals surface area contributed by atoms with E-state index in [0.717, 1.165) is 24.2 Å². The predicted octanol–water partition coefficient (Wildman–Crippen LogP) is 2.38. The molecule has 2 heterocycles. The van der Waals surface area contributed by atoms with Crippen molar-refractivity contribution in [2.24, 2.45) is 5.92 Å². The zero-order chi connectivity index (χ0) is 18.0. The van der Waals surface area contributed by atoms with E-state index < -0.39 is 0 Å². The van der Waals surface area contributed by atoms with E-state index in [4.69, 9.17) is 0 Å². The molecule has 2 aromatic heterocycles. The fourth-order valence-electron chi connectivity index (χ4n) is 2.80. The summed E-state index contributed by atoms with van der Waals surface area (Å²) in [5.74, 6) is 0.584. The lowest BCUT2D eigenvalue weighted by molar-refractivity contribution is -0.118. The summed E-state index contributed by atoms with van der Waals surface area (Å²) in [5.41, 5.74) is 2.26. The molecule has 25 heavy (non-hydrogen) atoms. The van der Waals surface area contributed by atoms with Gasteiger partial charge in [0.05, 0.1) is 0 Å². The highest BCUT2D eigenvalue weighted by Crippen LogP contribution is 2.36. The van der Waals surface area contributed by atoms with Gasteiger partial charge in [-0.15, -0.1) is 0 Å². The predicted molar refractivity (Wildman–Crippen MR) is 94.3 cm³/mol. The highest BCUT2D eigenvalue weighted by Gasteiger charge is 2.33. The number of aromatic nitrogens is 3. The Morgan fingerprint density at radius 1 is 1.28 bits per heavy atom. The molecule has 3 rings (SSSR count). The molecule has 132 valence electrons. The van der Waals surface area contributed by atoms with Gasteiger partial charge >= 0.3 is 0 Å². The van der Waals surface area contributed by atoms with Gasteiger partial charge in [-0.05, 0) is 31.9 Å². The van der Waals surface area contributed by atoms with Crippen LogP contribution < -0.4 is 10.6 Å². The molecule has 0 spiro atoms. The molecule has 2 aromatic rings. The van der Waals surface area contributed by atoms with Crippen LogP contribution in [-0.2, 0) is 4.79 Å². The first-order valence-corrected chi connectivity index (χ1v) is 8.53. The molecular weight excluding hydrogens is 318 g/mol. The number of nitrogens with zero attached hydrogens (tertiary/aromatic N) is 2. The Kier molecular flexibility index (Phi) is 4.83. The van der Waals surface area contributed by atoms with Crippen LogP contribution in [-0.4, -0.2) is 33.0 Å². The van der Waals surface area contributed by atoms with Gasteiger partial charge < -0.3 is 10.6 Å². The summed E-state index contributed by atoms with van der Waals surface area (Å²) in [7, 11) is 0. The second kappa shape index (κ2) is 7.04. The number of hydrogen-bond donors (Lipinski definition) is 3. The lowest BCUT2D eigenvalue weighted by atomic mass is 9.78. The first kappa shape index (κ1) is 17.1. The molecular formula is C18H23N5O2. The number of rotatable bonds is 5. The number of aromatic amines is 1. The Morgan fingerprint density at radius 3 is 2.72 bits per heavy atom. The standard InChI is InChI=1S/C18H23N5O2/c1-10(2)17(24)21-16-9-15(22-23-16)12-7-13(8-12)20-18(25)14-6-4-5-11(3)19-14/h4-6,9-10,12-13H,7-8H2,1-3H3,(H,20,25)(H2,21,22,23,24). The zero-order valence-corrected chi connectivity index (χ0v) is 14.7. The Balaban J connectivity index is 1.50. The summed E-state index contributed by atoms with van der Waals surface area (Å²) in [4.78, 5) is 28.1. The van der Waals surface area contributed by atoms with Crippen LogP contribution in [0.1, 0.15) is 54.5 Å². The first-order chi connectivity index (χ1) is 11.9. The van der Waals surface area contributed by atoms with Crippen molar-refractivity contribution >= 4 is 17.6 Å². The van der Waals surface area contributed by atoms with E-state index in [1.54, 1.807) is 6.07 Å². The molecule has 7 heteroatoms. The van der Waals surface area contributed by atoms with Gasteiger partial charge in [-0.2, -0.15) is 5.10 Å². The summed E-state index contributed by atoms with van der Waals surface area (Å²) in [6.45, 7) is 5.54. The quantitative estimate of drug-likeness (QED) is 0.777. The first-order valence-electron chi connectivity index (χ1n) is 8.53. The van der Waals surface area contributed by atoms with Gasteiger partial charge in [-0.3, -0.25) is 14.7 Å². The van der Waals surface area contributed by atoms with E-state index in [0.29, 0.717) is 17.4 Å². The van der Waals surface area contributed by atoms with Crippen LogP contribution in [0.25, 0.3) is 0 Å². The molecule has 0 bridgehead atoms. The fourth-order valence-corrected chi connectivity index (χ4v) is 2.80. The van der Waals surface area contributed by atoms with Gasteiger partial charge in [0.2, 0.25) is 5.91 Å². The van der Waals surface area contributed by atoms with E-state index in [2.05, 4.69) is 25.8 Å². The summed E-state index contributed by atoms with van der Waals surface area (Å²) in [5, 5.41) is 12.9. The van der Waals surface area contributed by atoms with Crippen molar-refractivity contribution in [2.45, 2.75) is 45.6 Å². The maximum atomic E-state index is 12.2. The molecule has 1 fully saturated rings. The number of aryl methyl sites for hydroxylation is 1.